The SMILES string of the molecule is CCc1ccc(O[C@H](C)C(=O)N2CCN(c3ccccn3)CC2)cc1. The number of carbonyl (C=O) groups is 1. The quantitative estimate of drug-likeness (QED) is 0.840. The Kier molecular flexibility index (Phi) is 5.53. The summed E-state index contributed by atoms with van der Waals surface area (Å²) < 4.78 is 5.82. The number of hydrogen-bond donors (Lipinski definition) is 0. The maximum atomic E-state index is 12.6. The summed E-state index contributed by atoms with van der Waals surface area (Å²) in [6, 6.07) is 13.8. The van der Waals surface area contributed by atoms with Gasteiger partial charge in [0.2, 0.25) is 0 Å². The molecule has 1 aromatic carbocycles. The average Bonchev–Trinajstić information content (AvgIpc) is 2.69. The van der Waals surface area contributed by atoms with E-state index in [0.29, 0.717) is 13.1 Å². The van der Waals surface area contributed by atoms with Crippen LogP contribution in [0.2, 0.25) is 0 Å². The first-order valence-corrected chi connectivity index (χ1v) is 8.87. The Hall–Kier alpha value is -2.56. The van der Waals surface area contributed by atoms with Crippen LogP contribution in [-0.2, 0) is 11.2 Å². The first-order valence-electron chi connectivity index (χ1n) is 8.87. The van der Waals surface area contributed by atoms with Crippen molar-refractivity contribution in [2.75, 3.05) is 31.1 Å². The van der Waals surface area contributed by atoms with Gasteiger partial charge in [-0.15, -0.1) is 0 Å². The molecule has 5 nitrogen and oxygen atoms in total. The Bertz CT molecular complexity index is 680. The number of rotatable bonds is 5. The zero-order chi connectivity index (χ0) is 17.6. The molecule has 0 saturated carbocycles. The summed E-state index contributed by atoms with van der Waals surface area (Å²) in [6.45, 7) is 6.91. The minimum atomic E-state index is -0.478. The van der Waals surface area contributed by atoms with Crippen molar-refractivity contribution in [1.82, 2.24) is 9.88 Å². The standard InChI is InChI=1S/C20H25N3O2/c1-3-17-7-9-18(10-8-17)25-16(2)20(24)23-14-12-22(13-15-23)19-6-4-5-11-21-19/h4-11,16H,3,12-15H2,1-2H3/t16-/m1/s1. The maximum absolute atomic E-state index is 12.6. The molecule has 1 saturated heterocycles. The van der Waals surface area contributed by atoms with Crippen LogP contribution in [0, 0.1) is 0 Å². The van der Waals surface area contributed by atoms with Crippen molar-refractivity contribution in [2.24, 2.45) is 0 Å². The van der Waals surface area contributed by atoms with Gasteiger partial charge in [-0.3, -0.25) is 4.79 Å². The largest absolute Gasteiger partial charge is 0.481 e. The van der Waals surface area contributed by atoms with Gasteiger partial charge in [0.05, 0.1) is 0 Å². The van der Waals surface area contributed by atoms with E-state index in [-0.39, 0.29) is 5.91 Å². The molecular weight excluding hydrogens is 314 g/mol. The van der Waals surface area contributed by atoms with E-state index < -0.39 is 6.10 Å². The van der Waals surface area contributed by atoms with Crippen LogP contribution in [0.25, 0.3) is 0 Å². The van der Waals surface area contributed by atoms with E-state index >= 15 is 0 Å². The number of nitrogens with zero attached hydrogens (tertiary/aromatic N) is 3. The molecule has 0 unspecified atom stereocenters. The molecule has 2 aromatic rings. The summed E-state index contributed by atoms with van der Waals surface area (Å²) in [6.07, 6.45) is 2.32. The normalized spacial score (nSPS) is 15.8. The first-order chi connectivity index (χ1) is 12.2. The number of ether oxygens (including phenoxy) is 1. The molecule has 0 spiro atoms. The number of amides is 1. The summed E-state index contributed by atoms with van der Waals surface area (Å²) in [7, 11) is 0. The molecule has 0 aliphatic carbocycles. The summed E-state index contributed by atoms with van der Waals surface area (Å²) >= 11 is 0. The van der Waals surface area contributed by atoms with Crippen molar-refractivity contribution in [3.8, 4) is 5.75 Å². The molecule has 0 radical (unpaired) electrons. The highest BCUT2D eigenvalue weighted by molar-refractivity contribution is 5.81. The lowest BCUT2D eigenvalue weighted by Gasteiger charge is -2.36. The van der Waals surface area contributed by atoms with Crippen molar-refractivity contribution in [2.45, 2.75) is 26.4 Å². The molecule has 5 heteroatoms. The molecule has 1 aliphatic heterocycles. The highest BCUT2D eigenvalue weighted by atomic mass is 16.5. The predicted octanol–water partition coefficient (Wildman–Crippen LogP) is 2.76. The van der Waals surface area contributed by atoms with Crippen LogP contribution in [0.4, 0.5) is 5.82 Å². The van der Waals surface area contributed by atoms with Crippen LogP contribution in [0.1, 0.15) is 19.4 Å². The number of piperazine rings is 1. The van der Waals surface area contributed by atoms with Crippen molar-refractivity contribution in [3.05, 3.63) is 54.2 Å². The highest BCUT2D eigenvalue weighted by Crippen LogP contribution is 2.17. The molecule has 1 fully saturated rings. The van der Waals surface area contributed by atoms with Crippen LogP contribution in [0.5, 0.6) is 5.75 Å². The fourth-order valence-electron chi connectivity index (χ4n) is 3.01. The molecule has 132 valence electrons. The molecule has 1 aromatic heterocycles. The predicted molar refractivity (Wildman–Crippen MR) is 98.9 cm³/mol. The Morgan fingerprint density at radius 2 is 1.84 bits per heavy atom. The lowest BCUT2D eigenvalue weighted by atomic mass is 10.2. The third kappa shape index (κ3) is 4.29. The molecule has 1 aliphatic rings. The molecule has 3 rings (SSSR count). The van der Waals surface area contributed by atoms with Crippen LogP contribution in [-0.4, -0.2) is 48.1 Å². The van der Waals surface area contributed by atoms with E-state index in [0.717, 1.165) is 31.1 Å². The lowest BCUT2D eigenvalue weighted by Crippen LogP contribution is -2.52. The Morgan fingerprint density at radius 3 is 2.44 bits per heavy atom. The average molecular weight is 339 g/mol. The van der Waals surface area contributed by atoms with E-state index in [4.69, 9.17) is 4.74 Å². The third-order valence-electron chi connectivity index (χ3n) is 4.56. The van der Waals surface area contributed by atoms with Gasteiger partial charge in [0, 0.05) is 32.4 Å². The van der Waals surface area contributed by atoms with E-state index in [1.807, 2.05) is 54.3 Å². The zero-order valence-corrected chi connectivity index (χ0v) is 14.9. The van der Waals surface area contributed by atoms with Gasteiger partial charge < -0.3 is 14.5 Å². The Morgan fingerprint density at radius 1 is 1.12 bits per heavy atom. The fourth-order valence-corrected chi connectivity index (χ4v) is 3.01. The van der Waals surface area contributed by atoms with Gasteiger partial charge in [-0.1, -0.05) is 25.1 Å². The van der Waals surface area contributed by atoms with E-state index in [9.17, 15) is 4.79 Å². The van der Waals surface area contributed by atoms with Crippen molar-refractivity contribution < 1.29 is 9.53 Å². The van der Waals surface area contributed by atoms with Gasteiger partial charge in [0.25, 0.3) is 5.91 Å². The zero-order valence-electron chi connectivity index (χ0n) is 14.9. The number of aromatic nitrogens is 1. The van der Waals surface area contributed by atoms with Crippen molar-refractivity contribution >= 4 is 11.7 Å². The molecule has 0 N–H and O–H groups in total. The summed E-state index contributed by atoms with van der Waals surface area (Å²) in [5, 5.41) is 0. The number of pyridine rings is 1. The van der Waals surface area contributed by atoms with Crippen LogP contribution >= 0.6 is 0 Å². The smallest absolute Gasteiger partial charge is 0.263 e. The highest BCUT2D eigenvalue weighted by Gasteiger charge is 2.26. The molecule has 1 atom stereocenters. The summed E-state index contributed by atoms with van der Waals surface area (Å²) in [4.78, 5) is 21.1. The Balaban J connectivity index is 1.52. The maximum Gasteiger partial charge on any atom is 0.263 e. The molecule has 1 amide bonds. The van der Waals surface area contributed by atoms with Gasteiger partial charge in [0.1, 0.15) is 11.6 Å². The minimum Gasteiger partial charge on any atom is -0.481 e. The second kappa shape index (κ2) is 8.01. The van der Waals surface area contributed by atoms with Gasteiger partial charge >= 0.3 is 0 Å². The third-order valence-corrected chi connectivity index (χ3v) is 4.56. The van der Waals surface area contributed by atoms with Crippen LogP contribution in [0.15, 0.2) is 48.7 Å². The van der Waals surface area contributed by atoms with Crippen LogP contribution in [0.3, 0.4) is 0 Å². The molecule has 25 heavy (non-hydrogen) atoms. The topological polar surface area (TPSA) is 45.7 Å². The number of carbonyl (C=O) groups excluding carboxylic acids is 1. The van der Waals surface area contributed by atoms with E-state index in [1.165, 1.54) is 5.56 Å². The van der Waals surface area contributed by atoms with Gasteiger partial charge in [-0.25, -0.2) is 4.98 Å². The van der Waals surface area contributed by atoms with Gasteiger partial charge in [-0.05, 0) is 43.2 Å². The minimum absolute atomic E-state index is 0.0419. The van der Waals surface area contributed by atoms with E-state index in [1.54, 1.807) is 6.20 Å². The number of benzene rings is 1. The van der Waals surface area contributed by atoms with E-state index in [2.05, 4.69) is 16.8 Å². The summed E-state index contributed by atoms with van der Waals surface area (Å²) in [5.41, 5.74) is 1.26. The Labute approximate surface area is 149 Å². The number of hydrogen-bond acceptors (Lipinski definition) is 4. The van der Waals surface area contributed by atoms with Crippen molar-refractivity contribution in [1.29, 1.82) is 0 Å². The number of anilines is 1. The number of aryl methyl sites for hydroxylation is 1. The van der Waals surface area contributed by atoms with Gasteiger partial charge in [-0.2, -0.15) is 0 Å². The first kappa shape index (κ1) is 17.3. The van der Waals surface area contributed by atoms with Crippen LogP contribution < -0.4 is 9.64 Å². The van der Waals surface area contributed by atoms with Crippen molar-refractivity contribution in [3.63, 3.8) is 0 Å². The second-order valence-corrected chi connectivity index (χ2v) is 6.26. The molecule has 2 heterocycles. The second-order valence-electron chi connectivity index (χ2n) is 6.26. The molecular formula is C20H25N3O2. The monoisotopic (exact) mass is 339 g/mol. The fraction of sp³-hybridized carbons (Fsp3) is 0.400. The molecule has 0 bridgehead atoms. The van der Waals surface area contributed by atoms with Gasteiger partial charge in [0.15, 0.2) is 6.10 Å². The lowest BCUT2D eigenvalue weighted by molar-refractivity contribution is -0.138. The summed E-state index contributed by atoms with van der Waals surface area (Å²) in [5.74, 6) is 1.75.